The van der Waals surface area contributed by atoms with Gasteiger partial charge in [-0.05, 0) is 26.0 Å². The van der Waals surface area contributed by atoms with E-state index in [2.05, 4.69) is 23.7 Å². The Balaban J connectivity index is 0.00000280. The first-order chi connectivity index (χ1) is 13.0. The van der Waals surface area contributed by atoms with E-state index in [9.17, 15) is 4.79 Å². The molecule has 0 aliphatic carbocycles. The number of pyridine rings is 1. The summed E-state index contributed by atoms with van der Waals surface area (Å²) in [6, 6.07) is 5.32. The first kappa shape index (κ1) is 22.7. The van der Waals surface area contributed by atoms with E-state index >= 15 is 0 Å². The Bertz CT molecular complexity index is 778. The molecule has 0 saturated carbocycles. The third-order valence-electron chi connectivity index (χ3n) is 4.38. The van der Waals surface area contributed by atoms with Crippen LogP contribution in [0.1, 0.15) is 18.9 Å². The molecule has 1 aliphatic heterocycles. The van der Waals surface area contributed by atoms with Gasteiger partial charge >= 0.3 is 0 Å². The van der Waals surface area contributed by atoms with Crippen LogP contribution in [0.15, 0.2) is 23.6 Å². The Kier molecular flexibility index (Phi) is 8.33. The van der Waals surface area contributed by atoms with Crippen molar-refractivity contribution in [2.45, 2.75) is 38.5 Å². The molecule has 1 aliphatic rings. The standard InChI is InChI=1S/C19H26N4O3S.ClH/c1-12-8-23(9-13(2)26-12)18-6-4-5-15(21-18)16-11-27-19(22-16)7-17(24)14(20)10-25-3;/h4-6,11-14H,7-10,20H2,1-3H3;1H/t12-,13+,14?;. The van der Waals surface area contributed by atoms with Gasteiger partial charge in [0.1, 0.15) is 10.8 Å². The van der Waals surface area contributed by atoms with Gasteiger partial charge in [0, 0.05) is 25.6 Å². The molecule has 1 unspecified atom stereocenters. The van der Waals surface area contributed by atoms with Crippen molar-refractivity contribution in [3.63, 3.8) is 0 Å². The number of halogens is 1. The van der Waals surface area contributed by atoms with Crippen molar-refractivity contribution in [3.8, 4) is 11.4 Å². The second kappa shape index (κ2) is 10.3. The first-order valence-electron chi connectivity index (χ1n) is 9.05. The van der Waals surface area contributed by atoms with E-state index in [1.807, 2.05) is 23.6 Å². The van der Waals surface area contributed by atoms with Gasteiger partial charge in [0.05, 0.1) is 42.7 Å². The highest BCUT2D eigenvalue weighted by Crippen LogP contribution is 2.25. The van der Waals surface area contributed by atoms with E-state index < -0.39 is 6.04 Å². The minimum Gasteiger partial charge on any atom is -0.383 e. The summed E-state index contributed by atoms with van der Waals surface area (Å²) in [5.41, 5.74) is 7.37. The summed E-state index contributed by atoms with van der Waals surface area (Å²) in [4.78, 5) is 23.7. The SMILES string of the molecule is COCC(N)C(=O)Cc1nc(-c2cccc(N3C[C@@H](C)O[C@@H](C)C3)n2)cs1.Cl. The number of Topliss-reactive ketones (excluding diaryl/α,β-unsaturated/α-hetero) is 1. The average Bonchev–Trinajstić information content (AvgIpc) is 3.10. The zero-order valence-corrected chi connectivity index (χ0v) is 18.0. The summed E-state index contributed by atoms with van der Waals surface area (Å²) in [6.07, 6.45) is 0.563. The normalized spacial score (nSPS) is 20.5. The van der Waals surface area contributed by atoms with E-state index in [4.69, 9.17) is 20.2 Å². The fraction of sp³-hybridized carbons (Fsp3) is 0.526. The van der Waals surface area contributed by atoms with Crippen LogP contribution < -0.4 is 10.6 Å². The van der Waals surface area contributed by atoms with Gasteiger partial charge in [-0.1, -0.05) is 6.07 Å². The molecule has 0 radical (unpaired) electrons. The number of morpholine rings is 1. The number of carbonyl (C=O) groups excluding carboxylic acids is 1. The Morgan fingerprint density at radius 3 is 2.71 bits per heavy atom. The summed E-state index contributed by atoms with van der Waals surface area (Å²) < 4.78 is 10.7. The van der Waals surface area contributed by atoms with Crippen molar-refractivity contribution in [1.29, 1.82) is 0 Å². The molecule has 3 rings (SSSR count). The number of hydrogen-bond donors (Lipinski definition) is 1. The zero-order chi connectivity index (χ0) is 19.4. The lowest BCUT2D eigenvalue weighted by Gasteiger charge is -2.36. The molecule has 2 aromatic heterocycles. The van der Waals surface area contributed by atoms with Crippen LogP contribution in [0.25, 0.3) is 11.4 Å². The van der Waals surface area contributed by atoms with E-state index in [0.717, 1.165) is 35.3 Å². The van der Waals surface area contributed by atoms with Gasteiger partial charge < -0.3 is 20.1 Å². The van der Waals surface area contributed by atoms with Crippen molar-refractivity contribution >= 4 is 35.3 Å². The Labute approximate surface area is 175 Å². The molecule has 3 atom stereocenters. The van der Waals surface area contributed by atoms with Gasteiger partial charge in [-0.25, -0.2) is 9.97 Å². The Hall–Kier alpha value is -1.58. The predicted molar refractivity (Wildman–Crippen MR) is 113 cm³/mol. The molecule has 0 bridgehead atoms. The van der Waals surface area contributed by atoms with Crippen LogP contribution in [0.3, 0.4) is 0 Å². The monoisotopic (exact) mass is 426 g/mol. The summed E-state index contributed by atoms with van der Waals surface area (Å²) in [5, 5.41) is 2.67. The zero-order valence-electron chi connectivity index (χ0n) is 16.3. The molecule has 1 saturated heterocycles. The summed E-state index contributed by atoms with van der Waals surface area (Å²) >= 11 is 1.45. The minimum atomic E-state index is -0.617. The topological polar surface area (TPSA) is 90.6 Å². The minimum absolute atomic E-state index is 0. The number of methoxy groups -OCH3 is 1. The third-order valence-corrected chi connectivity index (χ3v) is 5.23. The largest absolute Gasteiger partial charge is 0.383 e. The highest BCUT2D eigenvalue weighted by Gasteiger charge is 2.23. The quantitative estimate of drug-likeness (QED) is 0.726. The summed E-state index contributed by atoms with van der Waals surface area (Å²) in [5.74, 6) is 0.845. The molecule has 2 N–H and O–H groups in total. The number of hydrogen-bond acceptors (Lipinski definition) is 8. The number of nitrogens with two attached hydrogens (primary N) is 1. The molecule has 0 amide bonds. The third kappa shape index (κ3) is 5.71. The van der Waals surface area contributed by atoms with Crippen LogP contribution in [0, 0.1) is 0 Å². The van der Waals surface area contributed by atoms with Gasteiger partial charge in [-0.2, -0.15) is 0 Å². The molecule has 0 spiro atoms. The molecule has 3 heterocycles. The highest BCUT2D eigenvalue weighted by molar-refractivity contribution is 7.10. The van der Waals surface area contributed by atoms with E-state index in [-0.39, 0.29) is 43.4 Å². The van der Waals surface area contributed by atoms with Crippen LogP contribution in [-0.4, -0.2) is 60.8 Å². The second-order valence-corrected chi connectivity index (χ2v) is 7.82. The first-order valence-corrected chi connectivity index (χ1v) is 9.93. The molecule has 7 nitrogen and oxygen atoms in total. The second-order valence-electron chi connectivity index (χ2n) is 6.87. The number of ketones is 1. The average molecular weight is 427 g/mol. The molecule has 2 aromatic rings. The van der Waals surface area contributed by atoms with Gasteiger partial charge in [-0.3, -0.25) is 4.79 Å². The lowest BCUT2D eigenvalue weighted by molar-refractivity contribution is -0.120. The fourth-order valence-electron chi connectivity index (χ4n) is 3.17. The molecular weight excluding hydrogens is 400 g/mol. The number of ether oxygens (including phenoxy) is 2. The number of rotatable bonds is 7. The molecule has 1 fully saturated rings. The molecule has 154 valence electrons. The Morgan fingerprint density at radius 2 is 2.04 bits per heavy atom. The highest BCUT2D eigenvalue weighted by atomic mass is 35.5. The fourth-order valence-corrected chi connectivity index (χ4v) is 3.97. The van der Waals surface area contributed by atoms with Gasteiger partial charge in [-0.15, -0.1) is 23.7 Å². The van der Waals surface area contributed by atoms with Crippen LogP contribution >= 0.6 is 23.7 Å². The van der Waals surface area contributed by atoms with Crippen LogP contribution in [0.4, 0.5) is 5.82 Å². The van der Waals surface area contributed by atoms with Crippen molar-refractivity contribution in [2.24, 2.45) is 5.73 Å². The van der Waals surface area contributed by atoms with E-state index in [1.165, 1.54) is 18.4 Å². The maximum Gasteiger partial charge on any atom is 0.158 e. The number of aromatic nitrogens is 2. The molecule has 9 heteroatoms. The Morgan fingerprint density at radius 1 is 1.32 bits per heavy atom. The molecule has 28 heavy (non-hydrogen) atoms. The van der Waals surface area contributed by atoms with Gasteiger partial charge in [0.15, 0.2) is 5.78 Å². The van der Waals surface area contributed by atoms with Crippen LogP contribution in [-0.2, 0) is 20.7 Å². The van der Waals surface area contributed by atoms with E-state index in [1.54, 1.807) is 0 Å². The number of anilines is 1. The smallest absolute Gasteiger partial charge is 0.158 e. The van der Waals surface area contributed by atoms with Crippen molar-refractivity contribution in [3.05, 3.63) is 28.6 Å². The van der Waals surface area contributed by atoms with Gasteiger partial charge in [0.2, 0.25) is 0 Å². The lowest BCUT2D eigenvalue weighted by Crippen LogP contribution is -2.45. The molecule has 0 aromatic carbocycles. The van der Waals surface area contributed by atoms with Crippen molar-refractivity contribution < 1.29 is 14.3 Å². The predicted octanol–water partition coefficient (Wildman–Crippen LogP) is 2.33. The van der Waals surface area contributed by atoms with Crippen molar-refractivity contribution in [2.75, 3.05) is 31.7 Å². The number of nitrogens with zero attached hydrogens (tertiary/aromatic N) is 3. The summed E-state index contributed by atoms with van der Waals surface area (Å²) in [7, 11) is 1.53. The van der Waals surface area contributed by atoms with Crippen molar-refractivity contribution in [1.82, 2.24) is 9.97 Å². The van der Waals surface area contributed by atoms with Crippen LogP contribution in [0.5, 0.6) is 0 Å². The molecular formula is C19H27ClN4O3S. The number of carbonyl (C=O) groups is 1. The van der Waals surface area contributed by atoms with Gasteiger partial charge in [0.25, 0.3) is 0 Å². The van der Waals surface area contributed by atoms with E-state index in [0.29, 0.717) is 0 Å². The maximum absolute atomic E-state index is 12.1. The lowest BCUT2D eigenvalue weighted by atomic mass is 10.1. The maximum atomic E-state index is 12.1. The number of thiazole rings is 1. The summed E-state index contributed by atoms with van der Waals surface area (Å²) in [6.45, 7) is 6.00. The van der Waals surface area contributed by atoms with Crippen LogP contribution in [0.2, 0.25) is 0 Å².